The van der Waals surface area contributed by atoms with Crippen LogP contribution in [0.1, 0.15) is 0 Å². The Kier molecular flexibility index (Phi) is 7.99. The number of carbonyl (C=O) groups is 4. The minimum atomic E-state index is -1.81. The molecular formula is C6H6O9. The van der Waals surface area contributed by atoms with Crippen LogP contribution in [0.3, 0.4) is 0 Å². The molecule has 0 saturated carbocycles. The molecule has 9 heteroatoms. The number of hydrogen-bond donors (Lipinski definition) is 4. The van der Waals surface area contributed by atoms with E-state index in [1.807, 2.05) is 0 Å². The van der Waals surface area contributed by atoms with Crippen LogP contribution < -0.4 is 0 Å². The SMILES string of the molecule is O=C(O)/C=C\C(=O)O.O=C(O)OC(=O)O. The number of ether oxygens (including phenoxy) is 1. The molecule has 0 rings (SSSR count). The van der Waals surface area contributed by atoms with Gasteiger partial charge in [0.15, 0.2) is 0 Å². The van der Waals surface area contributed by atoms with Crippen LogP contribution in [0.5, 0.6) is 0 Å². The number of hydrogen-bond acceptors (Lipinski definition) is 5. The molecule has 0 unspecified atom stereocenters. The van der Waals surface area contributed by atoms with Crippen molar-refractivity contribution in [2.45, 2.75) is 0 Å². The molecule has 0 heterocycles. The number of rotatable bonds is 2. The van der Waals surface area contributed by atoms with E-state index in [4.69, 9.17) is 20.4 Å². The maximum atomic E-state index is 9.55. The summed E-state index contributed by atoms with van der Waals surface area (Å²) in [7, 11) is 0. The summed E-state index contributed by atoms with van der Waals surface area (Å²) in [6.07, 6.45) is -2.51. The van der Waals surface area contributed by atoms with Crippen molar-refractivity contribution in [1.29, 1.82) is 0 Å². The molecule has 0 aromatic heterocycles. The third-order valence-electron chi connectivity index (χ3n) is 0.543. The van der Waals surface area contributed by atoms with E-state index >= 15 is 0 Å². The summed E-state index contributed by atoms with van der Waals surface area (Å²) in [6.45, 7) is 0. The highest BCUT2D eigenvalue weighted by atomic mass is 16.7. The zero-order valence-electron chi connectivity index (χ0n) is 6.98. The van der Waals surface area contributed by atoms with Crippen LogP contribution in [0.15, 0.2) is 12.2 Å². The molecule has 84 valence electrons. The second-order valence-electron chi connectivity index (χ2n) is 1.64. The molecule has 0 aromatic carbocycles. The lowest BCUT2D eigenvalue weighted by atomic mass is 10.5. The second kappa shape index (κ2) is 8.04. The lowest BCUT2D eigenvalue weighted by Crippen LogP contribution is -2.05. The number of carboxylic acid groups (broad SMARTS) is 4. The van der Waals surface area contributed by atoms with Crippen LogP contribution >= 0.6 is 0 Å². The van der Waals surface area contributed by atoms with Gasteiger partial charge in [0.1, 0.15) is 0 Å². The molecule has 4 N–H and O–H groups in total. The zero-order valence-corrected chi connectivity index (χ0v) is 6.98. The average Bonchev–Trinajstić information content (AvgIpc) is 1.99. The maximum Gasteiger partial charge on any atom is 0.516 e. The van der Waals surface area contributed by atoms with E-state index in [1.54, 1.807) is 0 Å². The standard InChI is InChI=1S/C4H4O4.C2H2O5/c5-3(6)1-2-4(7)8;3-1(4)7-2(5)6/h1-2H,(H,5,6)(H,7,8);(H,3,4)(H,5,6)/b2-1-;. The van der Waals surface area contributed by atoms with Crippen molar-refractivity contribution < 1.29 is 44.3 Å². The Labute approximate surface area is 81.8 Å². The molecule has 0 amide bonds. The van der Waals surface area contributed by atoms with Crippen molar-refractivity contribution >= 4 is 24.2 Å². The van der Waals surface area contributed by atoms with Gasteiger partial charge in [0.25, 0.3) is 0 Å². The Balaban J connectivity index is 0. The van der Waals surface area contributed by atoms with Crippen LogP contribution in [-0.4, -0.2) is 44.7 Å². The highest BCUT2D eigenvalue weighted by molar-refractivity contribution is 5.89. The topological polar surface area (TPSA) is 158 Å². The molecule has 0 saturated heterocycles. The van der Waals surface area contributed by atoms with Crippen LogP contribution in [-0.2, 0) is 14.3 Å². The fourth-order valence-electron chi connectivity index (χ4n) is 0.217. The molecule has 0 aliphatic rings. The van der Waals surface area contributed by atoms with Gasteiger partial charge in [-0.25, -0.2) is 19.2 Å². The Morgan fingerprint density at radius 1 is 0.733 bits per heavy atom. The fraction of sp³-hybridized carbons (Fsp3) is 0. The highest BCUT2D eigenvalue weighted by Gasteiger charge is 2.01. The van der Waals surface area contributed by atoms with Gasteiger partial charge in [-0.2, -0.15) is 0 Å². The van der Waals surface area contributed by atoms with Gasteiger partial charge in [0.05, 0.1) is 0 Å². The Morgan fingerprint density at radius 2 is 1.00 bits per heavy atom. The van der Waals surface area contributed by atoms with Crippen molar-refractivity contribution in [3.8, 4) is 0 Å². The van der Waals surface area contributed by atoms with Gasteiger partial charge >= 0.3 is 24.2 Å². The van der Waals surface area contributed by atoms with Crippen molar-refractivity contribution in [2.24, 2.45) is 0 Å². The summed E-state index contributed by atoms with van der Waals surface area (Å²) in [5.41, 5.74) is 0. The van der Waals surface area contributed by atoms with Crippen molar-refractivity contribution in [1.82, 2.24) is 0 Å². The smallest absolute Gasteiger partial charge is 0.478 e. The molecule has 0 aliphatic heterocycles. The van der Waals surface area contributed by atoms with E-state index in [-0.39, 0.29) is 0 Å². The lowest BCUT2D eigenvalue weighted by molar-refractivity contribution is -0.134. The monoisotopic (exact) mass is 222 g/mol. The zero-order chi connectivity index (χ0) is 12.4. The Morgan fingerprint density at radius 3 is 1.07 bits per heavy atom. The molecular weight excluding hydrogens is 216 g/mol. The molecule has 0 radical (unpaired) electrons. The van der Waals surface area contributed by atoms with Crippen LogP contribution in [0.25, 0.3) is 0 Å². The molecule has 9 nitrogen and oxygen atoms in total. The van der Waals surface area contributed by atoms with E-state index in [0.29, 0.717) is 12.2 Å². The summed E-state index contributed by atoms with van der Waals surface area (Å²) in [5, 5.41) is 30.6. The summed E-state index contributed by atoms with van der Waals surface area (Å²) in [5.74, 6) is -2.51. The highest BCUT2D eigenvalue weighted by Crippen LogP contribution is 1.73. The quantitative estimate of drug-likeness (QED) is 0.288. The first kappa shape index (κ1) is 14.9. The second-order valence-corrected chi connectivity index (χ2v) is 1.64. The first-order chi connectivity index (χ1) is 6.75. The molecule has 0 spiro atoms. The molecule has 15 heavy (non-hydrogen) atoms. The first-order valence-electron chi connectivity index (χ1n) is 3.03. The summed E-state index contributed by atoms with van der Waals surface area (Å²) in [4.78, 5) is 37.5. The van der Waals surface area contributed by atoms with Crippen LogP contribution in [0, 0.1) is 0 Å². The van der Waals surface area contributed by atoms with Crippen molar-refractivity contribution in [3.05, 3.63) is 12.2 Å². The molecule has 0 fully saturated rings. The molecule has 0 bridgehead atoms. The Hall–Kier alpha value is -2.58. The van der Waals surface area contributed by atoms with Gasteiger partial charge < -0.3 is 25.2 Å². The summed E-state index contributed by atoms with van der Waals surface area (Å²) < 4.78 is 3.08. The van der Waals surface area contributed by atoms with Gasteiger partial charge in [-0.05, 0) is 0 Å². The van der Waals surface area contributed by atoms with Crippen LogP contribution in [0.2, 0.25) is 0 Å². The third kappa shape index (κ3) is 24.6. The van der Waals surface area contributed by atoms with E-state index in [2.05, 4.69) is 4.74 Å². The lowest BCUT2D eigenvalue weighted by Gasteiger charge is -1.84. The fourth-order valence-corrected chi connectivity index (χ4v) is 0.217. The van der Waals surface area contributed by atoms with Crippen molar-refractivity contribution in [2.75, 3.05) is 0 Å². The molecule has 0 aromatic rings. The van der Waals surface area contributed by atoms with E-state index in [0.717, 1.165) is 0 Å². The first-order valence-corrected chi connectivity index (χ1v) is 3.03. The van der Waals surface area contributed by atoms with Gasteiger partial charge in [0, 0.05) is 12.2 Å². The summed E-state index contributed by atoms with van der Waals surface area (Å²) >= 11 is 0. The van der Waals surface area contributed by atoms with Gasteiger partial charge in [-0.1, -0.05) is 0 Å². The average molecular weight is 222 g/mol. The van der Waals surface area contributed by atoms with Gasteiger partial charge in [-0.3, -0.25) is 0 Å². The van der Waals surface area contributed by atoms with E-state index in [9.17, 15) is 19.2 Å². The predicted molar refractivity (Wildman–Crippen MR) is 41.5 cm³/mol. The normalized spacial score (nSPS) is 8.53. The van der Waals surface area contributed by atoms with Crippen molar-refractivity contribution in [3.63, 3.8) is 0 Å². The van der Waals surface area contributed by atoms with Gasteiger partial charge in [0.2, 0.25) is 0 Å². The van der Waals surface area contributed by atoms with E-state index < -0.39 is 24.2 Å². The largest absolute Gasteiger partial charge is 0.516 e. The molecule has 0 atom stereocenters. The maximum absolute atomic E-state index is 9.55. The van der Waals surface area contributed by atoms with Gasteiger partial charge in [-0.15, -0.1) is 0 Å². The predicted octanol–water partition coefficient (Wildman–Crippen LogP) is 0.0708. The molecule has 0 aliphatic carbocycles. The minimum absolute atomic E-state index is 0.558. The number of aliphatic carboxylic acids is 2. The number of carboxylic acids is 2. The third-order valence-corrected chi connectivity index (χ3v) is 0.543. The minimum Gasteiger partial charge on any atom is -0.478 e. The summed E-state index contributed by atoms with van der Waals surface area (Å²) in [6, 6.07) is 0. The van der Waals surface area contributed by atoms with Crippen LogP contribution in [0.4, 0.5) is 9.59 Å². The van der Waals surface area contributed by atoms with E-state index in [1.165, 1.54) is 0 Å². The Bertz CT molecular complexity index is 261.